The highest BCUT2D eigenvalue weighted by atomic mass is 32.2. The predicted molar refractivity (Wildman–Crippen MR) is 148 cm³/mol. The molecule has 40 heavy (non-hydrogen) atoms. The van der Waals surface area contributed by atoms with Gasteiger partial charge < -0.3 is 25.4 Å². The van der Waals surface area contributed by atoms with Gasteiger partial charge in [-0.3, -0.25) is 9.59 Å². The maximum atomic E-state index is 13.7. The van der Waals surface area contributed by atoms with Crippen LogP contribution in [0, 0.1) is 18.0 Å². The van der Waals surface area contributed by atoms with Gasteiger partial charge in [0.05, 0.1) is 12.1 Å². The van der Waals surface area contributed by atoms with Crippen molar-refractivity contribution in [3.8, 4) is 0 Å². The zero-order valence-electron chi connectivity index (χ0n) is 23.1. The molecule has 2 amide bonds. The average Bonchev–Trinajstić information content (AvgIpc) is 3.11. The number of nitrogens with zero attached hydrogens (tertiary/aromatic N) is 2. The Bertz CT molecular complexity index is 1500. The van der Waals surface area contributed by atoms with E-state index < -0.39 is 44.5 Å². The van der Waals surface area contributed by atoms with E-state index in [4.69, 9.17) is 4.42 Å². The number of sulfonamides is 1. The topological polar surface area (TPSA) is 156 Å². The summed E-state index contributed by atoms with van der Waals surface area (Å²) in [6, 6.07) is 10.6. The molecule has 1 fully saturated rings. The van der Waals surface area contributed by atoms with E-state index in [2.05, 4.69) is 10.6 Å². The van der Waals surface area contributed by atoms with Crippen molar-refractivity contribution in [1.82, 2.24) is 14.9 Å². The van der Waals surface area contributed by atoms with E-state index in [1.807, 2.05) is 32.0 Å². The standard InChI is InChI=1S/C28H36N4O7S/c1-18(2)16-28(4,30-26(34)25-19(3)20-10-5-6-12-23(20)39-25)27(35)29-21-11-9-14-31(17-22(21)33)40(37,38)24-13-7-8-15-32(24)36/h5-8,10,12-13,15,18,21-22,33H,9,11,14,16-17H2,1-4H3,(H,29,35)(H,30,34). The number of carbonyl (C=O) groups excluding carboxylic acids is 2. The van der Waals surface area contributed by atoms with Crippen molar-refractivity contribution in [2.45, 2.75) is 69.7 Å². The summed E-state index contributed by atoms with van der Waals surface area (Å²) >= 11 is 0. The summed E-state index contributed by atoms with van der Waals surface area (Å²) in [5.74, 6) is -0.864. The first-order chi connectivity index (χ1) is 18.8. The molecule has 0 radical (unpaired) electrons. The van der Waals surface area contributed by atoms with Gasteiger partial charge in [-0.25, -0.2) is 8.42 Å². The van der Waals surface area contributed by atoms with Gasteiger partial charge >= 0.3 is 15.0 Å². The van der Waals surface area contributed by atoms with Gasteiger partial charge in [0.25, 0.3) is 5.91 Å². The van der Waals surface area contributed by atoms with Gasteiger partial charge in [-0.1, -0.05) is 32.0 Å². The summed E-state index contributed by atoms with van der Waals surface area (Å²) in [6.07, 6.45) is 0.824. The molecule has 216 valence electrons. The van der Waals surface area contributed by atoms with Crippen LogP contribution in [0.2, 0.25) is 0 Å². The van der Waals surface area contributed by atoms with Crippen molar-refractivity contribution < 1.29 is 32.3 Å². The number of hydrogen-bond donors (Lipinski definition) is 3. The zero-order valence-corrected chi connectivity index (χ0v) is 23.9. The number of fused-ring (bicyclic) bond motifs is 1. The number of aliphatic hydroxyl groups excluding tert-OH is 1. The molecule has 1 saturated heterocycles. The van der Waals surface area contributed by atoms with Crippen LogP contribution < -0.4 is 15.4 Å². The zero-order chi connectivity index (χ0) is 29.2. The van der Waals surface area contributed by atoms with Crippen LogP contribution in [-0.4, -0.2) is 60.4 Å². The Hall–Kier alpha value is -3.48. The van der Waals surface area contributed by atoms with Crippen molar-refractivity contribution in [2.24, 2.45) is 5.92 Å². The number of aliphatic hydroxyl groups is 1. The highest BCUT2D eigenvalue weighted by molar-refractivity contribution is 7.88. The first-order valence-electron chi connectivity index (χ1n) is 13.3. The molecule has 3 unspecified atom stereocenters. The number of aromatic nitrogens is 1. The van der Waals surface area contributed by atoms with Crippen LogP contribution in [-0.2, 0) is 14.8 Å². The van der Waals surface area contributed by atoms with Crippen molar-refractivity contribution in [3.63, 3.8) is 0 Å². The van der Waals surface area contributed by atoms with E-state index in [0.29, 0.717) is 30.4 Å². The average molecular weight is 573 g/mol. The minimum Gasteiger partial charge on any atom is -0.618 e. The van der Waals surface area contributed by atoms with E-state index in [0.717, 1.165) is 15.9 Å². The van der Waals surface area contributed by atoms with Crippen molar-refractivity contribution in [1.29, 1.82) is 0 Å². The van der Waals surface area contributed by atoms with Gasteiger partial charge in [0.15, 0.2) is 12.0 Å². The van der Waals surface area contributed by atoms with Crippen LogP contribution in [0.3, 0.4) is 0 Å². The highest BCUT2D eigenvalue weighted by Gasteiger charge is 2.41. The molecule has 3 atom stereocenters. The molecule has 11 nitrogen and oxygen atoms in total. The second kappa shape index (κ2) is 11.6. The number of carbonyl (C=O) groups is 2. The minimum atomic E-state index is -4.16. The summed E-state index contributed by atoms with van der Waals surface area (Å²) in [4.78, 5) is 27.0. The number of β-amino-alcohol motifs (C(OH)–C–C–N with tert-alkyl or cyclic N) is 1. The Balaban J connectivity index is 1.51. The third-order valence-electron chi connectivity index (χ3n) is 7.24. The van der Waals surface area contributed by atoms with Crippen LogP contribution in [0.15, 0.2) is 58.1 Å². The smallest absolute Gasteiger partial charge is 0.323 e. The Labute approximate surface area is 233 Å². The van der Waals surface area contributed by atoms with Gasteiger partial charge in [-0.2, -0.15) is 9.04 Å². The molecule has 1 aromatic carbocycles. The fraction of sp³-hybridized carbons (Fsp3) is 0.464. The lowest BCUT2D eigenvalue weighted by Gasteiger charge is -2.33. The third kappa shape index (κ3) is 5.98. The summed E-state index contributed by atoms with van der Waals surface area (Å²) in [5.41, 5.74) is -0.106. The summed E-state index contributed by atoms with van der Waals surface area (Å²) in [6.45, 7) is 7.05. The maximum Gasteiger partial charge on any atom is 0.323 e. The predicted octanol–water partition coefficient (Wildman–Crippen LogP) is 2.24. The molecule has 0 aliphatic carbocycles. The van der Waals surface area contributed by atoms with Gasteiger partial charge in [0, 0.05) is 36.2 Å². The molecule has 0 spiro atoms. The van der Waals surface area contributed by atoms with E-state index >= 15 is 0 Å². The Morgan fingerprint density at radius 2 is 1.93 bits per heavy atom. The molecule has 0 saturated carbocycles. The number of furan rings is 1. The number of benzene rings is 1. The van der Waals surface area contributed by atoms with Crippen molar-refractivity contribution >= 4 is 32.8 Å². The first kappa shape index (κ1) is 29.5. The minimum absolute atomic E-state index is 0.0390. The number of amides is 2. The molecular weight excluding hydrogens is 536 g/mol. The molecule has 1 aliphatic rings. The number of hydrogen-bond acceptors (Lipinski definition) is 7. The number of nitrogens with one attached hydrogen (secondary N) is 2. The van der Waals surface area contributed by atoms with E-state index in [1.54, 1.807) is 19.9 Å². The molecule has 1 aliphatic heterocycles. The monoisotopic (exact) mass is 572 g/mol. The molecular formula is C28H36N4O7S. The normalized spacial score (nSPS) is 20.1. The van der Waals surface area contributed by atoms with Gasteiger partial charge in [-0.05, 0) is 51.2 Å². The number of pyridine rings is 1. The number of rotatable bonds is 8. The largest absolute Gasteiger partial charge is 0.618 e. The highest BCUT2D eigenvalue weighted by Crippen LogP contribution is 2.27. The second-order valence-electron chi connectivity index (χ2n) is 11.0. The molecule has 3 heterocycles. The van der Waals surface area contributed by atoms with Crippen LogP contribution in [0.4, 0.5) is 0 Å². The third-order valence-corrected chi connectivity index (χ3v) is 9.10. The van der Waals surface area contributed by atoms with Crippen molar-refractivity contribution in [3.05, 3.63) is 65.2 Å². The van der Waals surface area contributed by atoms with Gasteiger partial charge in [0.1, 0.15) is 11.1 Å². The van der Waals surface area contributed by atoms with Crippen LogP contribution in [0.5, 0.6) is 0 Å². The van der Waals surface area contributed by atoms with Crippen LogP contribution in [0.1, 0.15) is 56.2 Å². The molecule has 2 aromatic heterocycles. The number of para-hydroxylation sites is 1. The Morgan fingerprint density at radius 3 is 2.60 bits per heavy atom. The number of aryl methyl sites for hydroxylation is 1. The van der Waals surface area contributed by atoms with E-state index in [9.17, 15) is 28.3 Å². The quantitative estimate of drug-likeness (QED) is 0.276. The van der Waals surface area contributed by atoms with Crippen LogP contribution >= 0.6 is 0 Å². The molecule has 4 rings (SSSR count). The fourth-order valence-corrected chi connectivity index (χ4v) is 6.80. The SMILES string of the molecule is Cc1c(C(=O)NC(C)(CC(C)C)C(=O)NC2CCCN(S(=O)(=O)c3cccc[n+]3[O-])CC2O)oc2ccccc12. The fourth-order valence-electron chi connectivity index (χ4n) is 5.28. The Morgan fingerprint density at radius 1 is 1.23 bits per heavy atom. The molecule has 3 N–H and O–H groups in total. The maximum absolute atomic E-state index is 13.7. The second-order valence-corrected chi connectivity index (χ2v) is 12.8. The van der Waals surface area contributed by atoms with E-state index in [1.165, 1.54) is 18.2 Å². The van der Waals surface area contributed by atoms with Crippen molar-refractivity contribution in [2.75, 3.05) is 13.1 Å². The molecule has 12 heteroatoms. The lowest BCUT2D eigenvalue weighted by molar-refractivity contribution is -0.646. The Kier molecular flexibility index (Phi) is 8.52. The lowest BCUT2D eigenvalue weighted by Crippen LogP contribution is -2.60. The lowest BCUT2D eigenvalue weighted by atomic mass is 9.88. The van der Waals surface area contributed by atoms with Crippen LogP contribution in [0.25, 0.3) is 11.0 Å². The summed E-state index contributed by atoms with van der Waals surface area (Å²) in [7, 11) is -4.16. The summed E-state index contributed by atoms with van der Waals surface area (Å²) in [5, 5.41) is 29.1. The van der Waals surface area contributed by atoms with E-state index in [-0.39, 0.29) is 29.5 Å². The molecule has 3 aromatic rings. The molecule has 0 bridgehead atoms. The summed E-state index contributed by atoms with van der Waals surface area (Å²) < 4.78 is 33.4. The van der Waals surface area contributed by atoms with Gasteiger partial charge in [-0.15, -0.1) is 0 Å². The first-order valence-corrected chi connectivity index (χ1v) is 14.8. The van der Waals surface area contributed by atoms with Gasteiger partial charge in [0.2, 0.25) is 5.91 Å².